The summed E-state index contributed by atoms with van der Waals surface area (Å²) >= 11 is 0. The van der Waals surface area contributed by atoms with Crippen LogP contribution in [0.25, 0.3) is 0 Å². The Bertz CT molecular complexity index is 862. The molecular weight excluding hydrogens is 324 g/mol. The molecule has 0 aliphatic carbocycles. The lowest BCUT2D eigenvalue weighted by molar-refractivity contribution is 0.0949. The summed E-state index contributed by atoms with van der Waals surface area (Å²) in [5.41, 5.74) is 2.85. The van der Waals surface area contributed by atoms with Gasteiger partial charge in [-0.3, -0.25) is 4.79 Å². The van der Waals surface area contributed by atoms with E-state index in [4.69, 9.17) is 0 Å². The number of benzene rings is 2. The van der Waals surface area contributed by atoms with E-state index in [0.29, 0.717) is 12.1 Å². The van der Waals surface area contributed by atoms with Crippen LogP contribution in [0.3, 0.4) is 0 Å². The molecule has 2 aromatic rings. The molecule has 0 saturated carbocycles. The maximum absolute atomic E-state index is 12.3. The Balaban J connectivity index is 1.71. The zero-order chi connectivity index (χ0) is 17.2. The minimum Gasteiger partial charge on any atom is -0.350 e. The molecule has 126 valence electrons. The minimum absolute atomic E-state index is 0.0667. The Morgan fingerprint density at radius 2 is 2.00 bits per heavy atom. The molecule has 1 aliphatic heterocycles. The van der Waals surface area contributed by atoms with E-state index in [1.54, 1.807) is 12.1 Å². The second-order valence-corrected chi connectivity index (χ2v) is 7.98. The van der Waals surface area contributed by atoms with Crippen molar-refractivity contribution in [3.63, 3.8) is 0 Å². The van der Waals surface area contributed by atoms with Crippen LogP contribution in [0.4, 0.5) is 0 Å². The number of fused-ring (bicyclic) bond motifs is 1. The first-order valence-electron chi connectivity index (χ1n) is 7.84. The number of hydrogen-bond donors (Lipinski definition) is 2. The molecular formula is C18H20N2O3S. The first-order chi connectivity index (χ1) is 11.4. The zero-order valence-electron chi connectivity index (χ0n) is 13.5. The lowest BCUT2D eigenvalue weighted by atomic mass is 9.94. The van der Waals surface area contributed by atoms with Crippen LogP contribution in [0.5, 0.6) is 0 Å². The third-order valence-corrected chi connectivity index (χ3v) is 5.32. The first kappa shape index (κ1) is 16.7. The number of carbonyl (C=O) groups is 1. The molecule has 24 heavy (non-hydrogen) atoms. The van der Waals surface area contributed by atoms with Crippen LogP contribution in [0.1, 0.15) is 27.5 Å². The fourth-order valence-corrected chi connectivity index (χ4v) is 3.61. The van der Waals surface area contributed by atoms with Crippen LogP contribution in [0.2, 0.25) is 0 Å². The maximum Gasteiger partial charge on any atom is 0.251 e. The zero-order valence-corrected chi connectivity index (χ0v) is 14.3. The third kappa shape index (κ3) is 3.66. The predicted octanol–water partition coefficient (Wildman–Crippen LogP) is 1.71. The van der Waals surface area contributed by atoms with Crippen LogP contribution >= 0.6 is 0 Å². The van der Waals surface area contributed by atoms with Crippen molar-refractivity contribution in [2.45, 2.75) is 17.4 Å². The van der Waals surface area contributed by atoms with Crippen LogP contribution in [-0.2, 0) is 16.3 Å². The molecule has 1 atom stereocenters. The molecule has 6 heteroatoms. The second-order valence-electron chi connectivity index (χ2n) is 5.97. The molecule has 3 rings (SSSR count). The van der Waals surface area contributed by atoms with Gasteiger partial charge in [0.2, 0.25) is 0 Å². The summed E-state index contributed by atoms with van der Waals surface area (Å²) in [6, 6.07) is 14.4. The van der Waals surface area contributed by atoms with E-state index < -0.39 is 9.84 Å². The van der Waals surface area contributed by atoms with Gasteiger partial charge in [-0.05, 0) is 42.3 Å². The topological polar surface area (TPSA) is 75.3 Å². The smallest absolute Gasteiger partial charge is 0.251 e. The molecule has 5 nitrogen and oxygen atoms in total. The fourth-order valence-electron chi connectivity index (χ4n) is 2.94. The molecule has 1 unspecified atom stereocenters. The summed E-state index contributed by atoms with van der Waals surface area (Å²) in [6.45, 7) is 1.33. The average Bonchev–Trinajstić information content (AvgIpc) is 2.59. The Morgan fingerprint density at radius 1 is 1.21 bits per heavy atom. The van der Waals surface area contributed by atoms with Crippen LogP contribution < -0.4 is 10.6 Å². The van der Waals surface area contributed by atoms with Gasteiger partial charge in [-0.25, -0.2) is 8.42 Å². The Kier molecular flexibility index (Phi) is 4.69. The lowest BCUT2D eigenvalue weighted by Crippen LogP contribution is -2.38. The molecule has 1 aliphatic rings. The van der Waals surface area contributed by atoms with Gasteiger partial charge in [0.25, 0.3) is 5.91 Å². The predicted molar refractivity (Wildman–Crippen MR) is 92.8 cm³/mol. The number of carbonyl (C=O) groups excluding carboxylic acids is 1. The molecule has 0 spiro atoms. The summed E-state index contributed by atoms with van der Waals surface area (Å²) in [5.74, 6) is -0.273. The van der Waals surface area contributed by atoms with Gasteiger partial charge in [0, 0.05) is 24.4 Å². The van der Waals surface area contributed by atoms with E-state index in [2.05, 4.69) is 22.8 Å². The van der Waals surface area contributed by atoms with Crippen molar-refractivity contribution in [1.29, 1.82) is 0 Å². The van der Waals surface area contributed by atoms with E-state index >= 15 is 0 Å². The number of rotatable bonds is 4. The van der Waals surface area contributed by atoms with Crippen molar-refractivity contribution in [2.24, 2.45) is 0 Å². The van der Waals surface area contributed by atoms with Crippen molar-refractivity contribution in [2.75, 3.05) is 19.3 Å². The highest BCUT2D eigenvalue weighted by atomic mass is 32.2. The molecule has 1 amide bonds. The highest BCUT2D eigenvalue weighted by molar-refractivity contribution is 7.90. The molecule has 0 bridgehead atoms. The van der Waals surface area contributed by atoms with Gasteiger partial charge >= 0.3 is 0 Å². The summed E-state index contributed by atoms with van der Waals surface area (Å²) < 4.78 is 23.2. The lowest BCUT2D eigenvalue weighted by Gasteiger charge is -2.27. The average molecular weight is 344 g/mol. The highest BCUT2D eigenvalue weighted by Crippen LogP contribution is 2.22. The SMILES string of the molecule is CS(=O)(=O)c1cccc(C(=O)NCC2NCCc3ccccc32)c1. The van der Waals surface area contributed by atoms with Crippen LogP contribution in [0, 0.1) is 0 Å². The van der Waals surface area contributed by atoms with Gasteiger partial charge < -0.3 is 10.6 Å². The van der Waals surface area contributed by atoms with Gasteiger partial charge in [0.05, 0.1) is 4.90 Å². The van der Waals surface area contributed by atoms with E-state index in [1.165, 1.54) is 23.3 Å². The maximum atomic E-state index is 12.3. The normalized spacial score (nSPS) is 17.1. The Morgan fingerprint density at radius 3 is 2.79 bits per heavy atom. The number of nitrogens with one attached hydrogen (secondary N) is 2. The van der Waals surface area contributed by atoms with Gasteiger partial charge in [-0.15, -0.1) is 0 Å². The van der Waals surface area contributed by atoms with E-state index in [-0.39, 0.29) is 16.8 Å². The first-order valence-corrected chi connectivity index (χ1v) is 9.74. The molecule has 0 aromatic heterocycles. The summed E-state index contributed by atoms with van der Waals surface area (Å²) in [4.78, 5) is 12.5. The number of hydrogen-bond acceptors (Lipinski definition) is 4. The summed E-state index contributed by atoms with van der Waals surface area (Å²) in [7, 11) is -3.33. The fraction of sp³-hybridized carbons (Fsp3) is 0.278. The van der Waals surface area contributed by atoms with Crippen LogP contribution in [0.15, 0.2) is 53.4 Å². The van der Waals surface area contributed by atoms with Crippen molar-refractivity contribution in [3.05, 3.63) is 65.2 Å². The molecule has 1 heterocycles. The standard InChI is InChI=1S/C18H20N2O3S/c1-24(22,23)15-7-4-6-14(11-15)18(21)20-12-17-16-8-3-2-5-13(16)9-10-19-17/h2-8,11,17,19H,9-10,12H2,1H3,(H,20,21). The van der Waals surface area contributed by atoms with E-state index in [0.717, 1.165) is 19.2 Å². The van der Waals surface area contributed by atoms with E-state index in [1.807, 2.05) is 12.1 Å². The second kappa shape index (κ2) is 6.75. The van der Waals surface area contributed by atoms with Gasteiger partial charge in [-0.1, -0.05) is 30.3 Å². The molecule has 2 aromatic carbocycles. The molecule has 2 N–H and O–H groups in total. The third-order valence-electron chi connectivity index (χ3n) is 4.21. The van der Waals surface area contributed by atoms with E-state index in [9.17, 15) is 13.2 Å². The Labute approximate surface area is 142 Å². The number of sulfone groups is 1. The summed E-state index contributed by atoms with van der Waals surface area (Å²) in [6.07, 6.45) is 2.12. The molecule has 0 fully saturated rings. The largest absolute Gasteiger partial charge is 0.350 e. The van der Waals surface area contributed by atoms with Crippen molar-refractivity contribution in [3.8, 4) is 0 Å². The summed E-state index contributed by atoms with van der Waals surface area (Å²) in [5, 5.41) is 6.30. The van der Waals surface area contributed by atoms with Gasteiger partial charge in [0.15, 0.2) is 9.84 Å². The van der Waals surface area contributed by atoms with Crippen molar-refractivity contribution in [1.82, 2.24) is 10.6 Å². The number of amides is 1. The van der Waals surface area contributed by atoms with Crippen molar-refractivity contribution >= 4 is 15.7 Å². The molecule has 0 saturated heterocycles. The quantitative estimate of drug-likeness (QED) is 0.885. The molecule has 0 radical (unpaired) electrons. The van der Waals surface area contributed by atoms with Gasteiger partial charge in [0.1, 0.15) is 0 Å². The van der Waals surface area contributed by atoms with Gasteiger partial charge in [-0.2, -0.15) is 0 Å². The monoisotopic (exact) mass is 344 g/mol. The van der Waals surface area contributed by atoms with Crippen molar-refractivity contribution < 1.29 is 13.2 Å². The highest BCUT2D eigenvalue weighted by Gasteiger charge is 2.20. The van der Waals surface area contributed by atoms with Crippen LogP contribution in [-0.4, -0.2) is 33.7 Å². The minimum atomic E-state index is -3.33. The Hall–Kier alpha value is -2.18.